The van der Waals surface area contributed by atoms with E-state index in [1.54, 1.807) is 4.68 Å². The van der Waals surface area contributed by atoms with Gasteiger partial charge < -0.3 is 5.32 Å². The minimum atomic E-state index is 0.176. The summed E-state index contributed by atoms with van der Waals surface area (Å²) >= 11 is 0. The first-order valence-corrected chi connectivity index (χ1v) is 5.81. The molecule has 2 aromatic rings. The van der Waals surface area contributed by atoms with E-state index in [4.69, 9.17) is 5.26 Å². The van der Waals surface area contributed by atoms with Gasteiger partial charge in [0.05, 0.1) is 12.2 Å². The maximum Gasteiger partial charge on any atom is 0.252 e. The number of rotatable bonds is 5. The van der Waals surface area contributed by atoms with E-state index >= 15 is 0 Å². The molecule has 0 aliphatic rings. The van der Waals surface area contributed by atoms with Crippen molar-refractivity contribution in [1.82, 2.24) is 19.7 Å². The molecule has 2 aromatic heterocycles. The van der Waals surface area contributed by atoms with E-state index in [2.05, 4.69) is 27.3 Å². The third-order valence-corrected chi connectivity index (χ3v) is 2.32. The van der Waals surface area contributed by atoms with Crippen molar-refractivity contribution in [3.8, 4) is 6.07 Å². The zero-order chi connectivity index (χ0) is 12.8. The van der Waals surface area contributed by atoms with Gasteiger partial charge in [-0.3, -0.25) is 0 Å². The van der Waals surface area contributed by atoms with Gasteiger partial charge in [-0.1, -0.05) is 13.0 Å². The Morgan fingerprint density at radius 2 is 2.33 bits per heavy atom. The Morgan fingerprint density at radius 3 is 3.06 bits per heavy atom. The van der Waals surface area contributed by atoms with Crippen LogP contribution in [0.2, 0.25) is 0 Å². The third kappa shape index (κ3) is 3.04. The second kappa shape index (κ2) is 5.77. The first kappa shape index (κ1) is 12.0. The Bertz CT molecular complexity index is 554. The molecule has 0 aromatic carbocycles. The minimum Gasteiger partial charge on any atom is -0.370 e. The molecule has 0 bridgehead atoms. The van der Waals surface area contributed by atoms with Crippen LogP contribution in [0.25, 0.3) is 0 Å². The maximum atomic E-state index is 8.64. The van der Waals surface area contributed by atoms with Crippen LogP contribution in [0, 0.1) is 11.3 Å². The van der Waals surface area contributed by atoms with Gasteiger partial charge in [-0.05, 0) is 18.6 Å². The highest BCUT2D eigenvalue weighted by molar-refractivity contribution is 5.35. The Morgan fingerprint density at radius 1 is 1.44 bits per heavy atom. The molecule has 0 saturated heterocycles. The van der Waals surface area contributed by atoms with Crippen molar-refractivity contribution in [2.45, 2.75) is 19.9 Å². The Balaban J connectivity index is 2.07. The molecule has 0 saturated carbocycles. The van der Waals surface area contributed by atoms with E-state index < -0.39 is 0 Å². The molecule has 0 fully saturated rings. The summed E-state index contributed by atoms with van der Waals surface area (Å²) in [5, 5.41) is 15.9. The average molecular weight is 242 g/mol. The van der Waals surface area contributed by atoms with Crippen LogP contribution >= 0.6 is 0 Å². The molecular weight excluding hydrogens is 228 g/mol. The van der Waals surface area contributed by atoms with Crippen LogP contribution in [0.1, 0.15) is 24.9 Å². The highest BCUT2D eigenvalue weighted by Crippen LogP contribution is 2.06. The smallest absolute Gasteiger partial charge is 0.252 e. The van der Waals surface area contributed by atoms with E-state index in [0.717, 1.165) is 24.5 Å². The summed E-state index contributed by atoms with van der Waals surface area (Å²) in [5.74, 6) is 1.03. The fraction of sp³-hybridized carbons (Fsp3) is 0.333. The van der Waals surface area contributed by atoms with Crippen LogP contribution < -0.4 is 5.32 Å². The summed E-state index contributed by atoms with van der Waals surface area (Å²) in [6.45, 7) is 3.52. The van der Waals surface area contributed by atoms with Gasteiger partial charge in [0.2, 0.25) is 0 Å². The number of hydrogen-bond donors (Lipinski definition) is 1. The van der Waals surface area contributed by atoms with E-state index in [9.17, 15) is 0 Å². The largest absolute Gasteiger partial charge is 0.370 e. The van der Waals surface area contributed by atoms with Crippen molar-refractivity contribution in [2.75, 3.05) is 11.9 Å². The van der Waals surface area contributed by atoms with Crippen LogP contribution in [0.5, 0.6) is 0 Å². The van der Waals surface area contributed by atoms with Crippen molar-refractivity contribution in [2.24, 2.45) is 0 Å². The number of aromatic nitrogens is 4. The van der Waals surface area contributed by atoms with Gasteiger partial charge >= 0.3 is 0 Å². The molecule has 0 amide bonds. The van der Waals surface area contributed by atoms with Crippen molar-refractivity contribution < 1.29 is 0 Å². The summed E-state index contributed by atoms with van der Waals surface area (Å²) in [6, 6.07) is 7.70. The standard InChI is InChI=1S/C12H14N6/c1-2-6-14-11-5-3-4-10(16-11)8-18-9-15-12(7-13)17-18/h3-5,9H,2,6,8H2,1H3,(H,14,16). The van der Waals surface area contributed by atoms with E-state index in [1.165, 1.54) is 6.33 Å². The molecule has 0 radical (unpaired) electrons. The molecule has 2 heterocycles. The molecule has 18 heavy (non-hydrogen) atoms. The van der Waals surface area contributed by atoms with Gasteiger partial charge in [0.1, 0.15) is 18.2 Å². The van der Waals surface area contributed by atoms with Crippen LogP contribution in [0.15, 0.2) is 24.5 Å². The SMILES string of the molecule is CCCNc1cccc(Cn2cnc(C#N)n2)n1. The van der Waals surface area contributed by atoms with Crippen molar-refractivity contribution in [3.05, 3.63) is 36.0 Å². The number of pyridine rings is 1. The Hall–Kier alpha value is -2.42. The predicted molar refractivity (Wildman–Crippen MR) is 66.9 cm³/mol. The second-order valence-electron chi connectivity index (χ2n) is 3.82. The zero-order valence-corrected chi connectivity index (χ0v) is 10.2. The van der Waals surface area contributed by atoms with E-state index in [0.29, 0.717) is 6.54 Å². The van der Waals surface area contributed by atoms with Gasteiger partial charge in [-0.25, -0.2) is 14.6 Å². The van der Waals surface area contributed by atoms with E-state index in [-0.39, 0.29) is 5.82 Å². The number of anilines is 1. The van der Waals surface area contributed by atoms with Gasteiger partial charge in [0.15, 0.2) is 0 Å². The molecule has 0 aliphatic heterocycles. The number of nitriles is 1. The lowest BCUT2D eigenvalue weighted by Crippen LogP contribution is -2.06. The van der Waals surface area contributed by atoms with Crippen LogP contribution in [-0.4, -0.2) is 26.3 Å². The lowest BCUT2D eigenvalue weighted by molar-refractivity contribution is 0.669. The Labute approximate surface area is 105 Å². The van der Waals surface area contributed by atoms with Gasteiger partial charge in [0.25, 0.3) is 5.82 Å². The lowest BCUT2D eigenvalue weighted by Gasteiger charge is -2.06. The normalized spacial score (nSPS) is 10.0. The van der Waals surface area contributed by atoms with Crippen LogP contribution in [-0.2, 0) is 6.54 Å². The topological polar surface area (TPSA) is 79.4 Å². The molecule has 6 nitrogen and oxygen atoms in total. The summed E-state index contributed by atoms with van der Waals surface area (Å²) in [7, 11) is 0. The zero-order valence-electron chi connectivity index (χ0n) is 10.2. The number of nitrogens with zero attached hydrogens (tertiary/aromatic N) is 5. The van der Waals surface area contributed by atoms with Gasteiger partial charge in [0, 0.05) is 6.54 Å². The average Bonchev–Trinajstić information content (AvgIpc) is 2.84. The monoisotopic (exact) mass is 242 g/mol. The van der Waals surface area contributed by atoms with Crippen molar-refractivity contribution in [3.63, 3.8) is 0 Å². The molecule has 2 rings (SSSR count). The third-order valence-electron chi connectivity index (χ3n) is 2.32. The number of hydrogen-bond acceptors (Lipinski definition) is 5. The predicted octanol–water partition coefficient (Wildman–Crippen LogP) is 1.41. The van der Waals surface area contributed by atoms with Crippen LogP contribution in [0.4, 0.5) is 5.82 Å². The molecule has 0 spiro atoms. The fourth-order valence-corrected chi connectivity index (χ4v) is 1.51. The maximum absolute atomic E-state index is 8.64. The molecule has 0 atom stereocenters. The van der Waals surface area contributed by atoms with E-state index in [1.807, 2.05) is 24.3 Å². The summed E-state index contributed by atoms with van der Waals surface area (Å²) < 4.78 is 1.60. The molecule has 1 N–H and O–H groups in total. The summed E-state index contributed by atoms with van der Waals surface area (Å²) in [4.78, 5) is 8.31. The van der Waals surface area contributed by atoms with Gasteiger partial charge in [-0.15, -0.1) is 5.10 Å². The Kier molecular flexibility index (Phi) is 3.86. The second-order valence-corrected chi connectivity index (χ2v) is 3.82. The first-order valence-electron chi connectivity index (χ1n) is 5.81. The molecule has 0 aliphatic carbocycles. The van der Waals surface area contributed by atoms with Crippen LogP contribution in [0.3, 0.4) is 0 Å². The molecule has 6 heteroatoms. The molecular formula is C12H14N6. The molecule has 0 unspecified atom stereocenters. The molecule has 92 valence electrons. The van der Waals surface area contributed by atoms with Crippen molar-refractivity contribution in [1.29, 1.82) is 5.26 Å². The van der Waals surface area contributed by atoms with Crippen molar-refractivity contribution >= 4 is 5.82 Å². The quantitative estimate of drug-likeness (QED) is 0.857. The minimum absolute atomic E-state index is 0.176. The number of nitrogens with one attached hydrogen (secondary N) is 1. The fourth-order valence-electron chi connectivity index (χ4n) is 1.51. The first-order chi connectivity index (χ1) is 8.81. The lowest BCUT2D eigenvalue weighted by atomic mass is 10.3. The summed E-state index contributed by atoms with van der Waals surface area (Å²) in [5.41, 5.74) is 0.880. The highest BCUT2D eigenvalue weighted by atomic mass is 15.3. The highest BCUT2D eigenvalue weighted by Gasteiger charge is 2.02. The van der Waals surface area contributed by atoms with Gasteiger partial charge in [-0.2, -0.15) is 5.26 Å². The summed E-state index contributed by atoms with van der Waals surface area (Å²) in [6.07, 6.45) is 2.59.